The quantitative estimate of drug-likeness (QED) is 0.901. The SMILES string of the molecule is O=C(NC1CCCNC1=O)c1cccn1Cc1cccs1. The molecule has 1 fully saturated rings. The Kier molecular flexibility index (Phi) is 4.06. The van der Waals surface area contributed by atoms with Gasteiger partial charge in [-0.3, -0.25) is 9.59 Å². The molecule has 0 saturated carbocycles. The maximum Gasteiger partial charge on any atom is 0.268 e. The van der Waals surface area contributed by atoms with E-state index in [0.29, 0.717) is 25.2 Å². The van der Waals surface area contributed by atoms with Crippen LogP contribution in [-0.2, 0) is 11.3 Å². The Morgan fingerprint density at radius 2 is 2.33 bits per heavy atom. The molecule has 2 N–H and O–H groups in total. The first-order valence-corrected chi connectivity index (χ1v) is 7.88. The van der Waals surface area contributed by atoms with Crippen molar-refractivity contribution >= 4 is 23.2 Å². The van der Waals surface area contributed by atoms with Crippen molar-refractivity contribution in [3.05, 3.63) is 46.4 Å². The molecule has 1 saturated heterocycles. The number of piperidine rings is 1. The Labute approximate surface area is 127 Å². The third-order valence-electron chi connectivity index (χ3n) is 3.56. The van der Waals surface area contributed by atoms with E-state index in [1.807, 2.05) is 34.3 Å². The van der Waals surface area contributed by atoms with Gasteiger partial charge >= 0.3 is 0 Å². The van der Waals surface area contributed by atoms with Crippen LogP contribution in [0.1, 0.15) is 28.2 Å². The maximum absolute atomic E-state index is 12.4. The van der Waals surface area contributed by atoms with Gasteiger partial charge in [-0.2, -0.15) is 0 Å². The van der Waals surface area contributed by atoms with E-state index in [1.165, 1.54) is 4.88 Å². The number of aromatic nitrogens is 1. The number of amides is 2. The van der Waals surface area contributed by atoms with Gasteiger partial charge in [0, 0.05) is 17.6 Å². The molecule has 1 unspecified atom stereocenters. The highest BCUT2D eigenvalue weighted by molar-refractivity contribution is 7.09. The Balaban J connectivity index is 1.70. The molecule has 0 aliphatic carbocycles. The molecule has 3 heterocycles. The first-order chi connectivity index (χ1) is 10.2. The molecule has 1 atom stereocenters. The monoisotopic (exact) mass is 303 g/mol. The molecule has 2 aromatic heterocycles. The van der Waals surface area contributed by atoms with Gasteiger partial charge in [0.05, 0.1) is 6.54 Å². The molecule has 0 bridgehead atoms. The number of thiophene rings is 1. The first-order valence-electron chi connectivity index (χ1n) is 7.00. The Hall–Kier alpha value is -2.08. The molecule has 6 heteroatoms. The molecule has 110 valence electrons. The molecule has 1 aliphatic rings. The number of hydrogen-bond donors (Lipinski definition) is 2. The van der Waals surface area contributed by atoms with Crippen LogP contribution in [0.4, 0.5) is 0 Å². The lowest BCUT2D eigenvalue weighted by Gasteiger charge is -2.23. The smallest absolute Gasteiger partial charge is 0.268 e. The average molecular weight is 303 g/mol. The number of carbonyl (C=O) groups is 2. The van der Waals surface area contributed by atoms with Crippen LogP contribution < -0.4 is 10.6 Å². The molecule has 0 aromatic carbocycles. The summed E-state index contributed by atoms with van der Waals surface area (Å²) in [5.74, 6) is -0.287. The summed E-state index contributed by atoms with van der Waals surface area (Å²) in [5, 5.41) is 7.62. The first kappa shape index (κ1) is 13.9. The number of rotatable bonds is 4. The Morgan fingerprint density at radius 1 is 1.43 bits per heavy atom. The maximum atomic E-state index is 12.4. The zero-order valence-corrected chi connectivity index (χ0v) is 12.4. The molecular weight excluding hydrogens is 286 g/mol. The van der Waals surface area contributed by atoms with Crippen LogP contribution in [0.3, 0.4) is 0 Å². The molecule has 3 rings (SSSR count). The summed E-state index contributed by atoms with van der Waals surface area (Å²) in [6.07, 6.45) is 3.48. The molecular formula is C15H17N3O2S. The van der Waals surface area contributed by atoms with Gasteiger partial charge in [0.2, 0.25) is 5.91 Å². The van der Waals surface area contributed by atoms with E-state index in [4.69, 9.17) is 0 Å². The summed E-state index contributed by atoms with van der Waals surface area (Å²) in [7, 11) is 0. The molecule has 21 heavy (non-hydrogen) atoms. The van der Waals surface area contributed by atoms with E-state index in [9.17, 15) is 9.59 Å². The summed E-state index contributed by atoms with van der Waals surface area (Å²) >= 11 is 1.66. The third kappa shape index (κ3) is 3.16. The van der Waals surface area contributed by atoms with Gasteiger partial charge in [0.15, 0.2) is 0 Å². The summed E-state index contributed by atoms with van der Waals surface area (Å²) in [5.41, 5.74) is 0.585. The Bertz CT molecular complexity index is 633. The molecule has 0 spiro atoms. The summed E-state index contributed by atoms with van der Waals surface area (Å²) < 4.78 is 1.90. The molecule has 1 aliphatic heterocycles. The number of hydrogen-bond acceptors (Lipinski definition) is 3. The van der Waals surface area contributed by atoms with Crippen molar-refractivity contribution in [3.8, 4) is 0 Å². The summed E-state index contributed by atoms with van der Waals surface area (Å²) in [6, 6.07) is 7.25. The van der Waals surface area contributed by atoms with Crippen LogP contribution in [0, 0.1) is 0 Å². The highest BCUT2D eigenvalue weighted by atomic mass is 32.1. The van der Waals surface area contributed by atoms with Crippen LogP contribution in [0.25, 0.3) is 0 Å². The van der Waals surface area contributed by atoms with Gasteiger partial charge in [0.25, 0.3) is 5.91 Å². The minimum atomic E-state index is -0.420. The summed E-state index contributed by atoms with van der Waals surface area (Å²) in [4.78, 5) is 25.3. The van der Waals surface area contributed by atoms with Crippen LogP contribution in [0.15, 0.2) is 35.8 Å². The van der Waals surface area contributed by atoms with Crippen LogP contribution in [0.5, 0.6) is 0 Å². The van der Waals surface area contributed by atoms with E-state index >= 15 is 0 Å². The number of nitrogens with zero attached hydrogens (tertiary/aromatic N) is 1. The van der Waals surface area contributed by atoms with Gasteiger partial charge in [-0.05, 0) is 36.4 Å². The van der Waals surface area contributed by atoms with Crippen LogP contribution >= 0.6 is 11.3 Å². The second kappa shape index (κ2) is 6.13. The summed E-state index contributed by atoms with van der Waals surface area (Å²) in [6.45, 7) is 1.37. The van der Waals surface area contributed by atoms with Crippen molar-refractivity contribution in [2.24, 2.45) is 0 Å². The van der Waals surface area contributed by atoms with Crippen molar-refractivity contribution in [1.29, 1.82) is 0 Å². The minimum absolute atomic E-state index is 0.0917. The van der Waals surface area contributed by atoms with Crippen molar-refractivity contribution in [1.82, 2.24) is 15.2 Å². The van der Waals surface area contributed by atoms with E-state index in [1.54, 1.807) is 17.4 Å². The molecule has 0 radical (unpaired) electrons. The number of nitrogens with one attached hydrogen (secondary N) is 2. The second-order valence-corrected chi connectivity index (χ2v) is 6.09. The minimum Gasteiger partial charge on any atom is -0.354 e. The van der Waals surface area contributed by atoms with Crippen LogP contribution in [-0.4, -0.2) is 29.0 Å². The fourth-order valence-electron chi connectivity index (χ4n) is 2.47. The third-order valence-corrected chi connectivity index (χ3v) is 4.42. The van der Waals surface area contributed by atoms with E-state index in [2.05, 4.69) is 10.6 Å². The van der Waals surface area contributed by atoms with E-state index in [-0.39, 0.29) is 11.8 Å². The van der Waals surface area contributed by atoms with E-state index < -0.39 is 6.04 Å². The van der Waals surface area contributed by atoms with Crippen molar-refractivity contribution in [2.75, 3.05) is 6.54 Å². The van der Waals surface area contributed by atoms with Crippen LogP contribution in [0.2, 0.25) is 0 Å². The van der Waals surface area contributed by atoms with Gasteiger partial charge < -0.3 is 15.2 Å². The Morgan fingerprint density at radius 3 is 3.10 bits per heavy atom. The predicted molar refractivity (Wildman–Crippen MR) is 81.4 cm³/mol. The van der Waals surface area contributed by atoms with Crippen molar-refractivity contribution < 1.29 is 9.59 Å². The highest BCUT2D eigenvalue weighted by Gasteiger charge is 2.24. The largest absolute Gasteiger partial charge is 0.354 e. The topological polar surface area (TPSA) is 63.1 Å². The van der Waals surface area contributed by atoms with Gasteiger partial charge in [0.1, 0.15) is 11.7 Å². The molecule has 5 nitrogen and oxygen atoms in total. The van der Waals surface area contributed by atoms with Gasteiger partial charge in [-0.1, -0.05) is 6.07 Å². The fraction of sp³-hybridized carbons (Fsp3) is 0.333. The van der Waals surface area contributed by atoms with Crippen molar-refractivity contribution in [3.63, 3.8) is 0 Å². The molecule has 2 aromatic rings. The van der Waals surface area contributed by atoms with Gasteiger partial charge in [-0.15, -0.1) is 11.3 Å². The fourth-order valence-corrected chi connectivity index (χ4v) is 3.17. The lowest BCUT2D eigenvalue weighted by molar-refractivity contribution is -0.124. The normalized spacial score (nSPS) is 18.3. The zero-order valence-electron chi connectivity index (χ0n) is 11.5. The number of carbonyl (C=O) groups excluding carboxylic acids is 2. The second-order valence-electron chi connectivity index (χ2n) is 5.06. The lowest BCUT2D eigenvalue weighted by Crippen LogP contribution is -2.50. The van der Waals surface area contributed by atoms with Crippen molar-refractivity contribution in [2.45, 2.75) is 25.4 Å². The van der Waals surface area contributed by atoms with E-state index in [0.717, 1.165) is 6.42 Å². The van der Waals surface area contributed by atoms with Gasteiger partial charge in [-0.25, -0.2) is 0 Å². The highest BCUT2D eigenvalue weighted by Crippen LogP contribution is 2.13. The molecule has 2 amide bonds. The standard InChI is InChI=1S/C15H17N3O2S/c19-14-12(5-1-7-16-14)17-15(20)13-6-2-8-18(13)10-11-4-3-9-21-11/h2-4,6,8-9,12H,1,5,7,10H2,(H,16,19)(H,17,20). The predicted octanol–water partition coefficient (Wildman–Crippen LogP) is 1.61. The lowest BCUT2D eigenvalue weighted by atomic mass is 10.1. The zero-order chi connectivity index (χ0) is 14.7. The average Bonchev–Trinajstić information content (AvgIpc) is 3.13.